The van der Waals surface area contributed by atoms with E-state index in [1.54, 1.807) is 13.1 Å². The van der Waals surface area contributed by atoms with Gasteiger partial charge in [-0.2, -0.15) is 4.98 Å². The number of hydrogen-bond donors (Lipinski definition) is 2. The van der Waals surface area contributed by atoms with E-state index in [4.69, 9.17) is 13.9 Å². The highest BCUT2D eigenvalue weighted by molar-refractivity contribution is 5.85. The molecule has 0 aliphatic rings. The summed E-state index contributed by atoms with van der Waals surface area (Å²) in [5.74, 6) is 0.0479. The molecular formula is C9H9N3O4. The lowest BCUT2D eigenvalue weighted by Crippen LogP contribution is -2.01. The number of carbonyl (C=O) groups is 1. The fraction of sp³-hybridized carbons (Fsp3) is 0.222. The maximum absolute atomic E-state index is 10.5. The number of hydrogen-bond acceptors (Lipinski definition) is 6. The largest absolute Gasteiger partial charge is 0.476 e. The minimum Gasteiger partial charge on any atom is -0.476 e. The second-order valence-corrected chi connectivity index (χ2v) is 3.06. The van der Waals surface area contributed by atoms with Crippen molar-refractivity contribution in [1.82, 2.24) is 9.97 Å². The fourth-order valence-corrected chi connectivity index (χ4v) is 1.09. The van der Waals surface area contributed by atoms with Crippen LogP contribution < -0.4 is 5.32 Å². The van der Waals surface area contributed by atoms with Crippen molar-refractivity contribution >= 4 is 12.0 Å². The van der Waals surface area contributed by atoms with Crippen molar-refractivity contribution in [3.05, 3.63) is 29.8 Å². The summed E-state index contributed by atoms with van der Waals surface area (Å²) >= 11 is 0. The van der Waals surface area contributed by atoms with E-state index in [0.717, 1.165) is 6.26 Å². The van der Waals surface area contributed by atoms with Crippen molar-refractivity contribution in [2.75, 3.05) is 5.32 Å². The summed E-state index contributed by atoms with van der Waals surface area (Å²) in [6.45, 7) is 2.07. The van der Waals surface area contributed by atoms with Gasteiger partial charge in [0.1, 0.15) is 12.0 Å². The van der Waals surface area contributed by atoms with Crippen molar-refractivity contribution in [2.45, 2.75) is 13.5 Å². The summed E-state index contributed by atoms with van der Waals surface area (Å²) in [4.78, 5) is 18.2. The molecule has 7 heteroatoms. The molecule has 0 aromatic carbocycles. The number of anilines is 1. The van der Waals surface area contributed by atoms with Crippen LogP contribution in [0.1, 0.15) is 22.1 Å². The van der Waals surface area contributed by atoms with Crippen molar-refractivity contribution in [3.8, 4) is 0 Å². The van der Waals surface area contributed by atoms with E-state index in [1.165, 1.54) is 0 Å². The Morgan fingerprint density at radius 3 is 3.00 bits per heavy atom. The van der Waals surface area contributed by atoms with Crippen LogP contribution >= 0.6 is 0 Å². The van der Waals surface area contributed by atoms with Crippen molar-refractivity contribution in [1.29, 1.82) is 0 Å². The van der Waals surface area contributed by atoms with E-state index in [9.17, 15) is 4.79 Å². The molecule has 84 valence electrons. The zero-order valence-electron chi connectivity index (χ0n) is 8.43. The number of carboxylic acid groups (broad SMARTS) is 1. The summed E-state index contributed by atoms with van der Waals surface area (Å²) in [5.41, 5.74) is -0.147. The molecule has 0 aliphatic carbocycles. The molecule has 0 saturated heterocycles. The van der Waals surface area contributed by atoms with Crippen molar-refractivity contribution in [3.63, 3.8) is 0 Å². The minimum absolute atomic E-state index is 0.119. The first-order chi connectivity index (χ1) is 7.65. The van der Waals surface area contributed by atoms with E-state index < -0.39 is 5.97 Å². The van der Waals surface area contributed by atoms with Gasteiger partial charge in [0.25, 0.3) is 6.01 Å². The summed E-state index contributed by atoms with van der Waals surface area (Å²) in [6.07, 6.45) is 2.65. The van der Waals surface area contributed by atoms with Crippen LogP contribution in [0.2, 0.25) is 0 Å². The number of carboxylic acids is 1. The average molecular weight is 223 g/mol. The van der Waals surface area contributed by atoms with Gasteiger partial charge in [0.15, 0.2) is 5.69 Å². The Balaban J connectivity index is 1.97. The van der Waals surface area contributed by atoms with E-state index in [2.05, 4.69) is 15.3 Å². The number of aryl methyl sites for hydroxylation is 1. The van der Waals surface area contributed by atoms with Crippen LogP contribution in [0, 0.1) is 6.92 Å². The van der Waals surface area contributed by atoms with Gasteiger partial charge in [0.2, 0.25) is 5.89 Å². The van der Waals surface area contributed by atoms with Crippen LogP contribution in [0.3, 0.4) is 0 Å². The summed E-state index contributed by atoms with van der Waals surface area (Å²) in [5, 5.41) is 11.4. The predicted octanol–water partition coefficient (Wildman–Crippen LogP) is 1.28. The van der Waals surface area contributed by atoms with E-state index in [1.807, 2.05) is 0 Å². The van der Waals surface area contributed by atoms with Gasteiger partial charge in [-0.15, -0.1) is 0 Å². The molecule has 2 N–H and O–H groups in total. The van der Waals surface area contributed by atoms with E-state index in [0.29, 0.717) is 11.7 Å². The SMILES string of the molecule is Cc1cnc(CNc2nc(C(=O)O)co2)o1. The smallest absolute Gasteiger partial charge is 0.357 e. The van der Waals surface area contributed by atoms with Gasteiger partial charge in [-0.05, 0) is 6.92 Å². The summed E-state index contributed by atoms with van der Waals surface area (Å²) < 4.78 is 10.1. The van der Waals surface area contributed by atoms with Gasteiger partial charge in [-0.3, -0.25) is 0 Å². The second-order valence-electron chi connectivity index (χ2n) is 3.06. The van der Waals surface area contributed by atoms with Crippen LogP contribution in [0.5, 0.6) is 0 Å². The van der Waals surface area contributed by atoms with Gasteiger partial charge in [0, 0.05) is 0 Å². The first-order valence-corrected chi connectivity index (χ1v) is 4.49. The lowest BCUT2D eigenvalue weighted by Gasteiger charge is -1.95. The molecule has 7 nitrogen and oxygen atoms in total. The lowest BCUT2D eigenvalue weighted by molar-refractivity contribution is 0.0690. The number of aromatic nitrogens is 2. The maximum atomic E-state index is 10.5. The molecule has 0 spiro atoms. The molecule has 2 heterocycles. The molecule has 0 fully saturated rings. The Hall–Kier alpha value is -2.31. The molecule has 16 heavy (non-hydrogen) atoms. The topological polar surface area (TPSA) is 101 Å². The molecule has 0 unspecified atom stereocenters. The molecule has 0 saturated carbocycles. The molecule has 0 bridgehead atoms. The fourth-order valence-electron chi connectivity index (χ4n) is 1.09. The molecule has 2 rings (SSSR count). The molecule has 2 aromatic rings. The van der Waals surface area contributed by atoms with Crippen molar-refractivity contribution in [2.24, 2.45) is 0 Å². The summed E-state index contributed by atoms with van der Waals surface area (Å²) in [6, 6.07) is 0.119. The number of nitrogens with one attached hydrogen (secondary N) is 1. The highest BCUT2D eigenvalue weighted by Gasteiger charge is 2.10. The van der Waals surface area contributed by atoms with Crippen LogP contribution in [-0.4, -0.2) is 21.0 Å². The quantitative estimate of drug-likeness (QED) is 0.804. The van der Waals surface area contributed by atoms with Gasteiger partial charge < -0.3 is 19.3 Å². The Morgan fingerprint density at radius 2 is 2.44 bits per heavy atom. The Morgan fingerprint density at radius 1 is 1.62 bits per heavy atom. The average Bonchev–Trinajstić information content (AvgIpc) is 2.83. The zero-order valence-corrected chi connectivity index (χ0v) is 8.43. The van der Waals surface area contributed by atoms with Gasteiger partial charge in [0.05, 0.1) is 12.7 Å². The summed E-state index contributed by atoms with van der Waals surface area (Å²) in [7, 11) is 0. The number of oxazole rings is 2. The first kappa shape index (κ1) is 10.2. The molecule has 2 aromatic heterocycles. The third-order valence-electron chi connectivity index (χ3n) is 1.78. The highest BCUT2D eigenvalue weighted by atomic mass is 16.4. The molecular weight excluding hydrogens is 214 g/mol. The van der Waals surface area contributed by atoms with Gasteiger partial charge in [-0.25, -0.2) is 9.78 Å². The normalized spacial score (nSPS) is 10.3. The van der Waals surface area contributed by atoms with Gasteiger partial charge in [-0.1, -0.05) is 0 Å². The molecule has 0 aliphatic heterocycles. The Labute approximate surface area is 90.1 Å². The van der Waals surface area contributed by atoms with Crippen LogP contribution in [0.15, 0.2) is 21.3 Å². The van der Waals surface area contributed by atoms with Crippen LogP contribution in [0.4, 0.5) is 6.01 Å². The predicted molar refractivity (Wildman–Crippen MR) is 52.0 cm³/mol. The number of nitrogens with zero attached hydrogens (tertiary/aromatic N) is 2. The lowest BCUT2D eigenvalue weighted by atomic mass is 10.5. The molecule has 0 atom stereocenters. The Bertz CT molecular complexity index is 502. The monoisotopic (exact) mass is 223 g/mol. The third kappa shape index (κ3) is 2.19. The molecule has 0 radical (unpaired) electrons. The maximum Gasteiger partial charge on any atom is 0.357 e. The van der Waals surface area contributed by atoms with Crippen LogP contribution in [-0.2, 0) is 6.54 Å². The second kappa shape index (κ2) is 4.05. The standard InChI is InChI=1S/C9H9N3O4/c1-5-2-10-7(16-5)3-11-9-12-6(4-15-9)8(13)14/h2,4H,3H2,1H3,(H,11,12)(H,13,14). The van der Waals surface area contributed by atoms with Crippen LogP contribution in [0.25, 0.3) is 0 Å². The highest BCUT2D eigenvalue weighted by Crippen LogP contribution is 2.09. The number of aromatic carboxylic acids is 1. The molecule has 0 amide bonds. The van der Waals surface area contributed by atoms with Gasteiger partial charge >= 0.3 is 5.97 Å². The van der Waals surface area contributed by atoms with E-state index in [-0.39, 0.29) is 18.3 Å². The third-order valence-corrected chi connectivity index (χ3v) is 1.78. The Kier molecular flexibility index (Phi) is 2.59. The minimum atomic E-state index is -1.14. The zero-order chi connectivity index (χ0) is 11.5. The number of rotatable bonds is 4. The van der Waals surface area contributed by atoms with Crippen molar-refractivity contribution < 1.29 is 18.7 Å². The van der Waals surface area contributed by atoms with E-state index >= 15 is 0 Å². The first-order valence-electron chi connectivity index (χ1n) is 4.49.